The molecule has 116 valence electrons. The molecule has 2 heteroatoms. The van der Waals surface area contributed by atoms with E-state index in [1.165, 1.54) is 11.3 Å². The molecular formula is C21H22N2. The molecule has 0 saturated heterocycles. The van der Waals surface area contributed by atoms with Crippen LogP contribution in [0.25, 0.3) is 0 Å². The van der Waals surface area contributed by atoms with Gasteiger partial charge in [0.1, 0.15) is 0 Å². The highest BCUT2D eigenvalue weighted by molar-refractivity contribution is 5.79. The first-order valence-electron chi connectivity index (χ1n) is 7.96. The standard InChI is InChI=1S/C21H22N2/c1-16(2)20-10-6-7-11-21(20)23(18-8-4-3-5-9-18)19-14-12-17(22)13-15-19/h3-16H,22H2,1-2H3. The van der Waals surface area contributed by atoms with Gasteiger partial charge < -0.3 is 10.6 Å². The van der Waals surface area contributed by atoms with Crippen molar-refractivity contribution in [3.05, 3.63) is 84.4 Å². The maximum absolute atomic E-state index is 5.86. The van der Waals surface area contributed by atoms with Crippen LogP contribution in [0.3, 0.4) is 0 Å². The van der Waals surface area contributed by atoms with Crippen LogP contribution in [-0.2, 0) is 0 Å². The third kappa shape index (κ3) is 3.21. The molecule has 2 nitrogen and oxygen atoms in total. The van der Waals surface area contributed by atoms with Gasteiger partial charge in [-0.25, -0.2) is 0 Å². The lowest BCUT2D eigenvalue weighted by Gasteiger charge is -2.28. The lowest BCUT2D eigenvalue weighted by Crippen LogP contribution is -2.12. The van der Waals surface area contributed by atoms with Crippen LogP contribution in [0.2, 0.25) is 0 Å². The largest absolute Gasteiger partial charge is 0.399 e. The Bertz CT molecular complexity index is 761. The number of benzene rings is 3. The molecule has 0 spiro atoms. The molecule has 0 atom stereocenters. The summed E-state index contributed by atoms with van der Waals surface area (Å²) < 4.78 is 0. The van der Waals surface area contributed by atoms with E-state index in [1.54, 1.807) is 0 Å². The predicted octanol–water partition coefficient (Wildman–Crippen LogP) is 5.86. The Kier molecular flexibility index (Phi) is 4.33. The Morgan fingerprint density at radius 3 is 1.91 bits per heavy atom. The molecule has 3 aromatic rings. The summed E-state index contributed by atoms with van der Waals surface area (Å²) in [6.07, 6.45) is 0. The second-order valence-corrected chi connectivity index (χ2v) is 5.98. The highest BCUT2D eigenvalue weighted by atomic mass is 15.1. The van der Waals surface area contributed by atoms with Crippen molar-refractivity contribution in [1.29, 1.82) is 0 Å². The van der Waals surface area contributed by atoms with Crippen molar-refractivity contribution in [1.82, 2.24) is 0 Å². The van der Waals surface area contributed by atoms with Gasteiger partial charge >= 0.3 is 0 Å². The van der Waals surface area contributed by atoms with Crippen LogP contribution in [0.15, 0.2) is 78.9 Å². The first-order chi connectivity index (χ1) is 11.2. The molecule has 0 unspecified atom stereocenters. The molecule has 0 aliphatic rings. The van der Waals surface area contributed by atoms with Crippen LogP contribution < -0.4 is 10.6 Å². The summed E-state index contributed by atoms with van der Waals surface area (Å²) in [5, 5.41) is 0. The van der Waals surface area contributed by atoms with Gasteiger partial charge in [-0.2, -0.15) is 0 Å². The van der Waals surface area contributed by atoms with Crippen molar-refractivity contribution in [2.24, 2.45) is 0 Å². The van der Waals surface area contributed by atoms with E-state index in [0.717, 1.165) is 17.1 Å². The van der Waals surface area contributed by atoms with Crippen molar-refractivity contribution in [2.45, 2.75) is 19.8 Å². The van der Waals surface area contributed by atoms with Crippen molar-refractivity contribution < 1.29 is 0 Å². The monoisotopic (exact) mass is 302 g/mol. The summed E-state index contributed by atoms with van der Waals surface area (Å²) in [6, 6.07) is 27.0. The average Bonchev–Trinajstić information content (AvgIpc) is 2.58. The number of nitrogens with two attached hydrogens (primary N) is 1. The maximum Gasteiger partial charge on any atom is 0.0496 e. The third-order valence-corrected chi connectivity index (χ3v) is 3.97. The fourth-order valence-electron chi connectivity index (χ4n) is 2.81. The van der Waals surface area contributed by atoms with E-state index < -0.39 is 0 Å². The number of para-hydroxylation sites is 2. The van der Waals surface area contributed by atoms with E-state index in [4.69, 9.17) is 5.73 Å². The minimum Gasteiger partial charge on any atom is -0.399 e. The summed E-state index contributed by atoms with van der Waals surface area (Å²) >= 11 is 0. The van der Waals surface area contributed by atoms with Crippen LogP contribution in [-0.4, -0.2) is 0 Å². The fraction of sp³-hybridized carbons (Fsp3) is 0.143. The minimum atomic E-state index is 0.450. The Balaban J connectivity index is 2.19. The molecule has 0 radical (unpaired) electrons. The van der Waals surface area contributed by atoms with Gasteiger partial charge in [-0.05, 0) is 53.9 Å². The second-order valence-electron chi connectivity index (χ2n) is 5.98. The van der Waals surface area contributed by atoms with Crippen molar-refractivity contribution >= 4 is 22.7 Å². The molecule has 0 aliphatic heterocycles. The lowest BCUT2D eigenvalue weighted by atomic mass is 9.99. The van der Waals surface area contributed by atoms with Gasteiger partial charge in [-0.1, -0.05) is 50.2 Å². The number of rotatable bonds is 4. The second kappa shape index (κ2) is 6.57. The molecule has 0 fully saturated rings. The van der Waals surface area contributed by atoms with E-state index in [2.05, 4.69) is 79.4 Å². The smallest absolute Gasteiger partial charge is 0.0496 e. The number of hydrogen-bond acceptors (Lipinski definition) is 2. The number of hydrogen-bond donors (Lipinski definition) is 1. The zero-order valence-corrected chi connectivity index (χ0v) is 13.6. The van der Waals surface area contributed by atoms with E-state index in [9.17, 15) is 0 Å². The molecule has 2 N–H and O–H groups in total. The first kappa shape index (κ1) is 15.2. The molecule has 0 amide bonds. The van der Waals surface area contributed by atoms with Gasteiger partial charge in [0.05, 0.1) is 0 Å². The first-order valence-corrected chi connectivity index (χ1v) is 7.96. The minimum absolute atomic E-state index is 0.450. The summed E-state index contributed by atoms with van der Waals surface area (Å²) in [6.45, 7) is 4.45. The Hall–Kier alpha value is -2.74. The molecule has 0 saturated carbocycles. The zero-order chi connectivity index (χ0) is 16.2. The van der Waals surface area contributed by atoms with E-state index in [1.807, 2.05) is 18.2 Å². The van der Waals surface area contributed by atoms with Gasteiger partial charge in [0, 0.05) is 22.7 Å². The third-order valence-electron chi connectivity index (χ3n) is 3.97. The zero-order valence-electron chi connectivity index (χ0n) is 13.6. The molecule has 3 aromatic carbocycles. The van der Waals surface area contributed by atoms with E-state index in [-0.39, 0.29) is 0 Å². The van der Waals surface area contributed by atoms with Gasteiger partial charge in [0.25, 0.3) is 0 Å². The van der Waals surface area contributed by atoms with E-state index in [0.29, 0.717) is 5.92 Å². The van der Waals surface area contributed by atoms with Crippen LogP contribution in [0.1, 0.15) is 25.3 Å². The van der Waals surface area contributed by atoms with E-state index >= 15 is 0 Å². The van der Waals surface area contributed by atoms with Crippen LogP contribution in [0.5, 0.6) is 0 Å². The summed E-state index contributed by atoms with van der Waals surface area (Å²) in [5.41, 5.74) is 11.4. The molecule has 23 heavy (non-hydrogen) atoms. The molecule has 3 rings (SSSR count). The number of nitrogen functional groups attached to an aromatic ring is 1. The lowest BCUT2D eigenvalue weighted by molar-refractivity contribution is 0.864. The molecular weight excluding hydrogens is 280 g/mol. The Labute approximate surface area is 138 Å². The maximum atomic E-state index is 5.86. The number of anilines is 4. The normalized spacial score (nSPS) is 10.7. The van der Waals surface area contributed by atoms with Crippen LogP contribution in [0, 0.1) is 0 Å². The summed E-state index contributed by atoms with van der Waals surface area (Å²) in [4.78, 5) is 2.29. The van der Waals surface area contributed by atoms with Crippen molar-refractivity contribution in [3.8, 4) is 0 Å². The van der Waals surface area contributed by atoms with Crippen LogP contribution >= 0.6 is 0 Å². The highest BCUT2D eigenvalue weighted by Gasteiger charge is 2.16. The van der Waals surface area contributed by atoms with Crippen molar-refractivity contribution in [2.75, 3.05) is 10.6 Å². The average molecular weight is 302 g/mol. The Morgan fingerprint density at radius 1 is 0.696 bits per heavy atom. The predicted molar refractivity (Wildman–Crippen MR) is 99.6 cm³/mol. The topological polar surface area (TPSA) is 29.3 Å². The quantitative estimate of drug-likeness (QED) is 0.611. The van der Waals surface area contributed by atoms with Crippen molar-refractivity contribution in [3.63, 3.8) is 0 Å². The number of nitrogens with zero attached hydrogens (tertiary/aromatic N) is 1. The highest BCUT2D eigenvalue weighted by Crippen LogP contribution is 2.38. The molecule has 0 bridgehead atoms. The van der Waals surface area contributed by atoms with Gasteiger partial charge in [-0.3, -0.25) is 0 Å². The van der Waals surface area contributed by atoms with Gasteiger partial charge in [0.2, 0.25) is 0 Å². The van der Waals surface area contributed by atoms with Gasteiger partial charge in [0.15, 0.2) is 0 Å². The molecule has 0 heterocycles. The molecule has 0 aliphatic carbocycles. The summed E-state index contributed by atoms with van der Waals surface area (Å²) in [5.74, 6) is 0.450. The SMILES string of the molecule is CC(C)c1ccccc1N(c1ccccc1)c1ccc(N)cc1. The fourth-order valence-corrected chi connectivity index (χ4v) is 2.81. The summed E-state index contributed by atoms with van der Waals surface area (Å²) in [7, 11) is 0. The Morgan fingerprint density at radius 2 is 1.26 bits per heavy atom. The molecule has 0 aromatic heterocycles. The van der Waals surface area contributed by atoms with Crippen LogP contribution in [0.4, 0.5) is 22.7 Å². The van der Waals surface area contributed by atoms with Gasteiger partial charge in [-0.15, -0.1) is 0 Å².